The van der Waals surface area contributed by atoms with E-state index in [4.69, 9.17) is 4.98 Å². The van der Waals surface area contributed by atoms with Gasteiger partial charge in [0, 0.05) is 124 Å². The molecule has 7 aromatic carbocycles. The number of anilines is 2. The summed E-state index contributed by atoms with van der Waals surface area (Å²) in [5.41, 5.74) is 18.7. The van der Waals surface area contributed by atoms with Crippen LogP contribution in [0.3, 0.4) is 0 Å². The van der Waals surface area contributed by atoms with E-state index in [1.165, 1.54) is 127 Å². The molecule has 14 rings (SSSR count). The van der Waals surface area contributed by atoms with Crippen LogP contribution in [0.25, 0.3) is 65.3 Å². The van der Waals surface area contributed by atoms with Gasteiger partial charge in [-0.2, -0.15) is 0 Å². The maximum Gasteiger partial charge on any atom is 0.106 e. The third kappa shape index (κ3) is 11.6. The van der Waals surface area contributed by atoms with Gasteiger partial charge in [-0.05, 0) is 154 Å². The number of rotatable bonds is 1. The van der Waals surface area contributed by atoms with Crippen molar-refractivity contribution >= 4 is 76.7 Å². The topological polar surface area (TPSA) is 52.0 Å². The standard InChI is InChI=1S/C17H14N2.C13H17N.2C10H11N.C9H10N2.C9H13N/c1-11-18-16-14-9-5-3-7-12(14)13-8-4-6-10-15(13)17(16)19(11)2;1-10-8-11-4-2-6-14-7-3-5-12(9-10)13(11)14;1-8-3-4-10-9(7-8)5-6-11(10)2;1-8-7-9-5-3-4-6-10(9)11(8)2;1-7-5-9-8(6-10-7)3-4-11(9)2;1-8-4-6-9(7-5-8)10(2)3/h3-10H,1-2H3;8-9H,2-7H2,1H3;2*3-7H,1-2H3;3-6H,1-2H3;4-7H,1-3H3. The van der Waals surface area contributed by atoms with E-state index < -0.39 is 0 Å². The SMILES string of the molecule is Cc1cc2c(ccn2C)cn1.Cc1cc2c3c(c1)CCCN3CCC2.Cc1cc2ccccc2n1C.Cc1ccc(N(C)C)cc1.Cc1ccc2c(ccn2C)c1.Cc1nc2c3ccccc3c3ccccc3c2n1C. The van der Waals surface area contributed by atoms with Gasteiger partial charge in [-0.1, -0.05) is 114 Å². The van der Waals surface area contributed by atoms with Crippen molar-refractivity contribution in [3.63, 3.8) is 0 Å². The van der Waals surface area contributed by atoms with Crippen LogP contribution in [0.15, 0.2) is 170 Å². The summed E-state index contributed by atoms with van der Waals surface area (Å²) in [6.45, 7) is 15.2. The number of fused-ring (bicyclic) bond motifs is 9. The third-order valence-electron chi connectivity index (χ3n) is 15.1. The Bertz CT molecular complexity index is 3900. The smallest absolute Gasteiger partial charge is 0.106 e. The van der Waals surface area contributed by atoms with Gasteiger partial charge in [0.15, 0.2) is 0 Å². The maximum atomic E-state index is 4.75. The van der Waals surface area contributed by atoms with E-state index in [1.807, 2.05) is 40.5 Å². The van der Waals surface area contributed by atoms with Gasteiger partial charge in [-0.15, -0.1) is 0 Å². The van der Waals surface area contributed by atoms with Crippen LogP contribution < -0.4 is 9.80 Å². The van der Waals surface area contributed by atoms with E-state index in [-0.39, 0.29) is 0 Å². The van der Waals surface area contributed by atoms with Crippen molar-refractivity contribution in [2.45, 2.75) is 67.2 Å². The molecule has 7 heterocycles. The van der Waals surface area contributed by atoms with Crippen LogP contribution in [0, 0.1) is 41.5 Å². The number of nitrogens with zero attached hydrogens (tertiary/aromatic N) is 8. The molecule has 2 aliphatic heterocycles. The lowest BCUT2D eigenvalue weighted by Gasteiger charge is -2.37. The van der Waals surface area contributed by atoms with Crippen LogP contribution in [-0.4, -0.2) is 55.4 Å². The lowest BCUT2D eigenvalue weighted by molar-refractivity contribution is 0.633. The predicted molar refractivity (Wildman–Crippen MR) is 327 cm³/mol. The minimum absolute atomic E-state index is 1.05. The van der Waals surface area contributed by atoms with E-state index in [0.29, 0.717) is 0 Å². The molecule has 0 N–H and O–H groups in total. The fourth-order valence-corrected chi connectivity index (χ4v) is 10.9. The Morgan fingerprint density at radius 3 is 1.70 bits per heavy atom. The van der Waals surface area contributed by atoms with Crippen molar-refractivity contribution in [2.24, 2.45) is 28.2 Å². The first kappa shape index (κ1) is 52.8. The Hall–Kier alpha value is -8.10. The highest BCUT2D eigenvalue weighted by Gasteiger charge is 2.23. The molecule has 5 aromatic heterocycles. The molecule has 0 spiro atoms. The number of hydrogen-bond acceptors (Lipinski definition) is 4. The van der Waals surface area contributed by atoms with Crippen molar-refractivity contribution in [3.05, 3.63) is 215 Å². The molecule has 0 saturated carbocycles. The van der Waals surface area contributed by atoms with E-state index in [9.17, 15) is 0 Å². The molecule has 8 nitrogen and oxygen atoms in total. The molecule has 0 bridgehead atoms. The normalized spacial score (nSPS) is 12.4. The number of benzene rings is 7. The predicted octanol–water partition coefficient (Wildman–Crippen LogP) is 15.8. The summed E-state index contributed by atoms with van der Waals surface area (Å²) in [6, 6.07) is 53.8. The molecule has 0 aliphatic carbocycles. The zero-order valence-electron chi connectivity index (χ0n) is 47.0. The minimum Gasteiger partial charge on any atom is -0.378 e. The maximum absolute atomic E-state index is 4.75. The molecule has 12 aromatic rings. The second-order valence-corrected chi connectivity index (χ2v) is 21.1. The second kappa shape index (κ2) is 23.2. The summed E-state index contributed by atoms with van der Waals surface area (Å²) in [4.78, 5) is 13.7. The summed E-state index contributed by atoms with van der Waals surface area (Å²) < 4.78 is 8.62. The number of pyridine rings is 1. The Labute approximate surface area is 450 Å². The van der Waals surface area contributed by atoms with Gasteiger partial charge >= 0.3 is 0 Å². The largest absolute Gasteiger partial charge is 0.378 e. The van der Waals surface area contributed by atoms with Gasteiger partial charge in [-0.25, -0.2) is 4.98 Å². The zero-order valence-corrected chi connectivity index (χ0v) is 47.0. The summed E-state index contributed by atoms with van der Waals surface area (Å²) in [5, 5.41) is 8.95. The number of aryl methyl sites for hydroxylation is 12. The number of imidazole rings is 1. The Kier molecular flexibility index (Phi) is 16.1. The monoisotopic (exact) mass is 1000 g/mol. The van der Waals surface area contributed by atoms with Crippen LogP contribution in [0.2, 0.25) is 0 Å². The molecule has 0 unspecified atom stereocenters. The van der Waals surface area contributed by atoms with Crippen LogP contribution in [0.1, 0.15) is 57.9 Å². The number of para-hydroxylation sites is 1. The quantitative estimate of drug-likeness (QED) is 0.154. The molecule has 388 valence electrons. The Morgan fingerprint density at radius 1 is 0.474 bits per heavy atom. The highest BCUT2D eigenvalue weighted by molar-refractivity contribution is 6.23. The fraction of sp³-hybridized carbons (Fsp3) is 0.265. The summed E-state index contributed by atoms with van der Waals surface area (Å²) in [6.07, 6.45) is 11.3. The van der Waals surface area contributed by atoms with E-state index in [2.05, 4.69) is 247 Å². The molecule has 2 aliphatic rings. The van der Waals surface area contributed by atoms with Crippen molar-refractivity contribution in [3.8, 4) is 0 Å². The van der Waals surface area contributed by atoms with E-state index in [0.717, 1.165) is 17.0 Å². The highest BCUT2D eigenvalue weighted by atomic mass is 15.1. The summed E-state index contributed by atoms with van der Waals surface area (Å²) in [7, 11) is 12.4. The average molecular weight is 1010 g/mol. The summed E-state index contributed by atoms with van der Waals surface area (Å²) >= 11 is 0. The Morgan fingerprint density at radius 2 is 1.04 bits per heavy atom. The molecule has 0 saturated heterocycles. The van der Waals surface area contributed by atoms with Gasteiger partial charge in [0.1, 0.15) is 5.82 Å². The van der Waals surface area contributed by atoms with Crippen molar-refractivity contribution in [2.75, 3.05) is 37.0 Å². The molecule has 8 heteroatoms. The third-order valence-corrected chi connectivity index (χ3v) is 15.1. The van der Waals surface area contributed by atoms with Crippen LogP contribution >= 0.6 is 0 Å². The van der Waals surface area contributed by atoms with Gasteiger partial charge in [0.2, 0.25) is 0 Å². The molecule has 0 atom stereocenters. The van der Waals surface area contributed by atoms with Crippen LogP contribution in [-0.2, 0) is 41.0 Å². The molecular weight excluding hydrogens is 929 g/mol. The van der Waals surface area contributed by atoms with Crippen molar-refractivity contribution in [1.29, 1.82) is 0 Å². The molecule has 0 fully saturated rings. The van der Waals surface area contributed by atoms with Crippen LogP contribution in [0.4, 0.5) is 11.4 Å². The van der Waals surface area contributed by atoms with Crippen LogP contribution in [0.5, 0.6) is 0 Å². The zero-order chi connectivity index (χ0) is 53.6. The lowest BCUT2D eigenvalue weighted by atomic mass is 9.90. The van der Waals surface area contributed by atoms with Gasteiger partial charge in [-0.3, -0.25) is 4.98 Å². The minimum atomic E-state index is 1.05. The molecule has 0 radical (unpaired) electrons. The molecule has 0 amide bonds. The Balaban J connectivity index is 0.000000113. The fourth-order valence-electron chi connectivity index (χ4n) is 10.9. The highest BCUT2D eigenvalue weighted by Crippen LogP contribution is 2.37. The number of aromatic nitrogens is 6. The van der Waals surface area contributed by atoms with Gasteiger partial charge < -0.3 is 28.1 Å². The first-order valence-corrected chi connectivity index (χ1v) is 26.9. The molecule has 76 heavy (non-hydrogen) atoms. The van der Waals surface area contributed by atoms with Gasteiger partial charge in [0.05, 0.1) is 16.6 Å². The average Bonchev–Trinajstić information content (AvgIpc) is 4.16. The summed E-state index contributed by atoms with van der Waals surface area (Å²) in [5.74, 6) is 1.05. The van der Waals surface area contributed by atoms with Crippen molar-refractivity contribution in [1.82, 2.24) is 28.2 Å². The van der Waals surface area contributed by atoms with E-state index in [1.54, 1.807) is 16.8 Å². The van der Waals surface area contributed by atoms with Gasteiger partial charge in [0.25, 0.3) is 0 Å². The van der Waals surface area contributed by atoms with E-state index >= 15 is 0 Å². The van der Waals surface area contributed by atoms with Crippen molar-refractivity contribution < 1.29 is 0 Å². The second-order valence-electron chi connectivity index (χ2n) is 21.1. The molecular formula is C68H76N8. The first-order chi connectivity index (χ1) is 36.6. The number of hydrogen-bond donors (Lipinski definition) is 0. The lowest BCUT2D eigenvalue weighted by Crippen LogP contribution is -2.34. The first-order valence-electron chi connectivity index (χ1n) is 26.9.